The van der Waals surface area contributed by atoms with E-state index in [1.165, 1.54) is 0 Å². The first-order chi connectivity index (χ1) is 25.0. The van der Waals surface area contributed by atoms with Crippen LogP contribution in [-0.2, 0) is 43.2 Å². The molecule has 0 aromatic rings. The highest BCUT2D eigenvalue weighted by Crippen LogP contribution is 2.39. The molecular formula is C33H60N10O11. The maximum atomic E-state index is 13.4. The lowest BCUT2D eigenvalue weighted by atomic mass is 9.69. The van der Waals surface area contributed by atoms with Gasteiger partial charge in [0.15, 0.2) is 0 Å². The highest BCUT2D eigenvalue weighted by molar-refractivity contribution is 5.97. The third-order valence-corrected chi connectivity index (χ3v) is 8.67. The molecule has 0 fully saturated rings. The van der Waals surface area contributed by atoms with Crippen LogP contribution in [0.2, 0.25) is 0 Å². The number of nitrogens with two attached hydrogens (primary N) is 3. The van der Waals surface area contributed by atoms with E-state index >= 15 is 0 Å². The number of hydrogen-bond acceptors (Lipinski definition) is 12. The molecule has 0 aliphatic heterocycles. The Bertz CT molecular complexity index is 1340. The molecule has 0 bridgehead atoms. The number of hydrogen-bond donors (Lipinski definition) is 12. The van der Waals surface area contributed by atoms with E-state index in [4.69, 9.17) is 17.2 Å². The minimum Gasteiger partial charge on any atom is -0.394 e. The molecule has 3 unspecified atom stereocenters. The molecule has 21 nitrogen and oxygen atoms in total. The highest BCUT2D eigenvalue weighted by Gasteiger charge is 2.36. The van der Waals surface area contributed by atoms with E-state index in [2.05, 4.69) is 64.9 Å². The number of carbonyl (C=O) groups excluding carboxylic acids is 9. The molecule has 0 radical (unpaired) electrons. The maximum absolute atomic E-state index is 13.4. The molecule has 0 aromatic heterocycles. The van der Waals surface area contributed by atoms with Gasteiger partial charge in [-0.25, -0.2) is 0 Å². The summed E-state index contributed by atoms with van der Waals surface area (Å²) >= 11 is 0. The van der Waals surface area contributed by atoms with Crippen molar-refractivity contribution in [2.45, 2.75) is 97.8 Å². The highest BCUT2D eigenvalue weighted by atomic mass is 16.3. The lowest BCUT2D eigenvalue weighted by molar-refractivity contribution is -0.135. The Morgan fingerprint density at radius 1 is 0.611 bits per heavy atom. The minimum absolute atomic E-state index is 0.0588. The lowest BCUT2D eigenvalue weighted by Gasteiger charge is -2.37. The molecule has 21 heteroatoms. The van der Waals surface area contributed by atoms with E-state index in [9.17, 15) is 53.4 Å². The fraction of sp³-hybridized carbons (Fsp3) is 0.727. The van der Waals surface area contributed by atoms with Crippen LogP contribution in [0.15, 0.2) is 0 Å². The van der Waals surface area contributed by atoms with Crippen molar-refractivity contribution in [2.75, 3.05) is 39.4 Å². The molecule has 0 spiro atoms. The molecule has 0 heterocycles. The number of amides is 9. The summed E-state index contributed by atoms with van der Waals surface area (Å²) in [5, 5.41) is 35.3. The fourth-order valence-corrected chi connectivity index (χ4v) is 5.04. The number of rotatable bonds is 26. The minimum atomic E-state index is -1.67. The molecule has 0 saturated heterocycles. The van der Waals surface area contributed by atoms with Crippen LogP contribution >= 0.6 is 0 Å². The zero-order valence-electron chi connectivity index (χ0n) is 32.0. The summed E-state index contributed by atoms with van der Waals surface area (Å²) in [5.74, 6) is -7.38. The van der Waals surface area contributed by atoms with Crippen molar-refractivity contribution in [3.05, 3.63) is 0 Å². The van der Waals surface area contributed by atoms with E-state index < -0.39 is 116 Å². The molecule has 15 N–H and O–H groups in total. The summed E-state index contributed by atoms with van der Waals surface area (Å²) in [5.41, 5.74) is 14.7. The molecular weight excluding hydrogens is 712 g/mol. The Kier molecular flexibility index (Phi) is 21.6. The van der Waals surface area contributed by atoms with Crippen molar-refractivity contribution in [3.63, 3.8) is 0 Å². The Morgan fingerprint density at radius 3 is 1.63 bits per heavy atom. The van der Waals surface area contributed by atoms with E-state index in [1.54, 1.807) is 0 Å². The van der Waals surface area contributed by atoms with Gasteiger partial charge in [0, 0.05) is 12.0 Å². The van der Waals surface area contributed by atoms with Gasteiger partial charge < -0.3 is 64.6 Å². The SMILES string of the molecule is CC(C)C(C)(C)CC(C)(C)C(=O)NCCCCC(NC(=O)[C@@H](CC(N)=O)NC(=O)C(CO)NC(=O)CN)C(=O)NCC(=O)NC(CO)C(=O)NCC(N)=O. The first kappa shape index (κ1) is 49.1. The predicted octanol–water partition coefficient (Wildman–Crippen LogP) is -5.15. The second-order valence-corrected chi connectivity index (χ2v) is 14.5. The Labute approximate surface area is 314 Å². The van der Waals surface area contributed by atoms with E-state index in [-0.39, 0.29) is 30.7 Å². The number of primary amides is 2. The standard InChI is InChI=1S/C33H60N10O11/c1-18(2)32(3,4)17-33(5,6)31(54)37-10-8-7-9-19(27(50)39-14-26(49)41-21(15-44)28(51)38-13-24(36)47)42-29(52)20(11-23(35)46)43-30(53)22(16-45)40-25(48)12-34/h18-22,44-45H,7-17,34H2,1-6H3,(H2,35,46)(H2,36,47)(H,37,54)(H,38,51)(H,39,50)(H,40,48)(H,41,49)(H,42,52)(H,43,53)/t19?,20-,21?,22?/m1/s1. The van der Waals surface area contributed by atoms with E-state index in [0.29, 0.717) is 18.8 Å². The third kappa shape index (κ3) is 18.7. The molecule has 4 atom stereocenters. The van der Waals surface area contributed by atoms with Crippen LogP contribution < -0.4 is 54.4 Å². The number of carbonyl (C=O) groups is 9. The van der Waals surface area contributed by atoms with Gasteiger partial charge in [0.05, 0.1) is 39.3 Å². The number of unbranched alkanes of at least 4 members (excludes halogenated alkanes) is 1. The third-order valence-electron chi connectivity index (χ3n) is 8.67. The number of nitrogens with one attached hydrogen (secondary N) is 7. The average Bonchev–Trinajstić information content (AvgIpc) is 3.08. The van der Waals surface area contributed by atoms with Gasteiger partial charge in [-0.2, -0.15) is 0 Å². The monoisotopic (exact) mass is 772 g/mol. The van der Waals surface area contributed by atoms with E-state index in [0.717, 1.165) is 0 Å². The normalized spacial score (nSPS) is 13.7. The number of aliphatic hydroxyl groups is 2. The molecule has 54 heavy (non-hydrogen) atoms. The first-order valence-electron chi connectivity index (χ1n) is 17.5. The van der Waals surface area contributed by atoms with Crippen LogP contribution in [0, 0.1) is 16.7 Å². The van der Waals surface area contributed by atoms with Gasteiger partial charge in [-0.3, -0.25) is 43.2 Å². The van der Waals surface area contributed by atoms with Gasteiger partial charge in [0.1, 0.15) is 24.2 Å². The molecule has 0 rings (SSSR count). The van der Waals surface area contributed by atoms with Crippen molar-refractivity contribution in [1.29, 1.82) is 0 Å². The topological polar surface area (TPSA) is 356 Å². The number of aliphatic hydroxyl groups excluding tert-OH is 2. The van der Waals surface area contributed by atoms with Gasteiger partial charge in [-0.05, 0) is 37.0 Å². The molecule has 0 aliphatic rings. The summed E-state index contributed by atoms with van der Waals surface area (Å²) in [6.07, 6.45) is 0.433. The van der Waals surface area contributed by atoms with Crippen LogP contribution in [-0.4, -0.2) is 127 Å². The van der Waals surface area contributed by atoms with Crippen molar-refractivity contribution in [2.24, 2.45) is 33.9 Å². The van der Waals surface area contributed by atoms with Crippen LogP contribution in [0.3, 0.4) is 0 Å². The second kappa shape index (κ2) is 23.7. The molecule has 0 aliphatic carbocycles. The summed E-state index contributed by atoms with van der Waals surface area (Å²) in [7, 11) is 0. The van der Waals surface area contributed by atoms with E-state index in [1.807, 2.05) is 13.8 Å². The van der Waals surface area contributed by atoms with Gasteiger partial charge in [0.2, 0.25) is 53.2 Å². The zero-order valence-corrected chi connectivity index (χ0v) is 32.0. The second-order valence-electron chi connectivity index (χ2n) is 14.5. The van der Waals surface area contributed by atoms with Crippen LogP contribution in [0.5, 0.6) is 0 Å². The van der Waals surface area contributed by atoms with Crippen molar-refractivity contribution < 1.29 is 53.4 Å². The smallest absolute Gasteiger partial charge is 0.245 e. The summed E-state index contributed by atoms with van der Waals surface area (Å²) < 4.78 is 0. The quantitative estimate of drug-likeness (QED) is 0.0367. The predicted molar refractivity (Wildman–Crippen MR) is 194 cm³/mol. The van der Waals surface area contributed by atoms with Crippen LogP contribution in [0.4, 0.5) is 0 Å². The first-order valence-corrected chi connectivity index (χ1v) is 17.5. The molecule has 0 saturated carbocycles. The molecule has 308 valence electrons. The van der Waals surface area contributed by atoms with Crippen LogP contribution in [0.1, 0.15) is 73.6 Å². The van der Waals surface area contributed by atoms with Crippen molar-refractivity contribution in [1.82, 2.24) is 37.2 Å². The van der Waals surface area contributed by atoms with Gasteiger partial charge in [-0.15, -0.1) is 0 Å². The average molecular weight is 773 g/mol. The lowest BCUT2D eigenvalue weighted by Crippen LogP contribution is -2.59. The van der Waals surface area contributed by atoms with Crippen molar-refractivity contribution in [3.8, 4) is 0 Å². The Hall–Kier alpha value is -4.89. The Balaban J connectivity index is 5.86. The van der Waals surface area contributed by atoms with Gasteiger partial charge >= 0.3 is 0 Å². The molecule has 9 amide bonds. The Morgan fingerprint density at radius 2 is 1.11 bits per heavy atom. The van der Waals surface area contributed by atoms with Crippen molar-refractivity contribution >= 4 is 53.2 Å². The van der Waals surface area contributed by atoms with Gasteiger partial charge in [0.25, 0.3) is 0 Å². The summed E-state index contributed by atoms with van der Waals surface area (Å²) in [6.45, 7) is 8.75. The van der Waals surface area contributed by atoms with Gasteiger partial charge in [-0.1, -0.05) is 41.5 Å². The fourth-order valence-electron chi connectivity index (χ4n) is 5.04. The maximum Gasteiger partial charge on any atom is 0.245 e. The zero-order chi connectivity index (χ0) is 41.8. The molecule has 0 aromatic carbocycles. The van der Waals surface area contributed by atoms with Crippen LogP contribution in [0.25, 0.3) is 0 Å². The summed E-state index contributed by atoms with van der Waals surface area (Å²) in [6, 6.07) is -6.08. The summed E-state index contributed by atoms with van der Waals surface area (Å²) in [4.78, 5) is 111. The largest absolute Gasteiger partial charge is 0.394 e.